The molecule has 68 valence electrons. The Morgan fingerprint density at radius 3 is 3.15 bits per heavy atom. The molecule has 0 saturated carbocycles. The molecule has 2 heteroatoms. The van der Waals surface area contributed by atoms with E-state index < -0.39 is 0 Å². The molecule has 0 atom stereocenters. The van der Waals surface area contributed by atoms with Gasteiger partial charge in [-0.2, -0.15) is 0 Å². The molecular formula is C11H14N2. The maximum atomic E-state index is 3.54. The molecule has 1 aromatic heterocycles. The quantitative estimate of drug-likeness (QED) is 0.614. The van der Waals surface area contributed by atoms with Gasteiger partial charge in [-0.3, -0.25) is 0 Å². The van der Waals surface area contributed by atoms with Gasteiger partial charge in [0.2, 0.25) is 0 Å². The summed E-state index contributed by atoms with van der Waals surface area (Å²) < 4.78 is 0. The average molecular weight is 174 g/mol. The molecule has 0 radical (unpaired) electrons. The van der Waals surface area contributed by atoms with E-state index in [1.807, 2.05) is 0 Å². The second-order valence-electron chi connectivity index (χ2n) is 3.84. The van der Waals surface area contributed by atoms with E-state index in [4.69, 9.17) is 0 Å². The van der Waals surface area contributed by atoms with Gasteiger partial charge in [-0.25, -0.2) is 0 Å². The first-order chi connectivity index (χ1) is 6.45. The average Bonchev–Trinajstić information content (AvgIpc) is 2.56. The summed E-state index contributed by atoms with van der Waals surface area (Å²) in [5.74, 6) is 0. The van der Waals surface area contributed by atoms with Gasteiger partial charge in [-0.15, -0.1) is 0 Å². The predicted molar refractivity (Wildman–Crippen MR) is 53.6 cm³/mol. The highest BCUT2D eigenvalue weighted by Gasteiger charge is 2.18. The van der Waals surface area contributed by atoms with Crippen molar-refractivity contribution in [1.29, 1.82) is 0 Å². The fourth-order valence-electron chi connectivity index (χ4n) is 2.36. The fraction of sp³-hybridized carbons (Fsp3) is 0.455. The lowest BCUT2D eigenvalue weighted by Gasteiger charge is -2.13. The smallest absolute Gasteiger partial charge is 0.0360 e. The molecule has 13 heavy (non-hydrogen) atoms. The van der Waals surface area contributed by atoms with Crippen molar-refractivity contribution in [1.82, 2.24) is 10.3 Å². The van der Waals surface area contributed by atoms with E-state index in [2.05, 4.69) is 22.5 Å². The van der Waals surface area contributed by atoms with Crippen LogP contribution in [-0.2, 0) is 19.4 Å². The first-order valence-corrected chi connectivity index (χ1v) is 5.05. The largest absolute Gasteiger partial charge is 0.360 e. The summed E-state index contributed by atoms with van der Waals surface area (Å²) in [6.07, 6.45) is 8.15. The van der Waals surface area contributed by atoms with Crippen molar-refractivity contribution in [3.63, 3.8) is 0 Å². The van der Waals surface area contributed by atoms with E-state index >= 15 is 0 Å². The van der Waals surface area contributed by atoms with Crippen LogP contribution in [-0.4, -0.2) is 11.5 Å². The number of aromatic amines is 1. The topological polar surface area (TPSA) is 27.8 Å². The lowest BCUT2D eigenvalue weighted by molar-refractivity contribution is 0.634. The van der Waals surface area contributed by atoms with Gasteiger partial charge < -0.3 is 10.3 Å². The third-order valence-corrected chi connectivity index (χ3v) is 3.02. The molecule has 0 spiro atoms. The van der Waals surface area contributed by atoms with Crippen LogP contribution in [0.5, 0.6) is 0 Å². The van der Waals surface area contributed by atoms with Crippen LogP contribution in [0.2, 0.25) is 0 Å². The molecule has 2 nitrogen and oxygen atoms in total. The molecule has 2 heterocycles. The second-order valence-corrected chi connectivity index (χ2v) is 3.84. The zero-order valence-electron chi connectivity index (χ0n) is 7.69. The van der Waals surface area contributed by atoms with E-state index in [-0.39, 0.29) is 0 Å². The van der Waals surface area contributed by atoms with Crippen LogP contribution < -0.4 is 5.32 Å². The Labute approximate surface area is 78.0 Å². The van der Waals surface area contributed by atoms with Crippen molar-refractivity contribution in [3.05, 3.63) is 28.6 Å². The molecule has 2 aliphatic rings. The summed E-state index contributed by atoms with van der Waals surface area (Å²) in [7, 11) is 0. The molecule has 1 aliphatic heterocycles. The standard InChI is InChI=1S/C11H14N2/c1-2-4-10-8(3-1)9-5-6-12-7-11(9)13-10/h1,3,12-13H,2,4-7H2. The molecule has 0 fully saturated rings. The zero-order valence-corrected chi connectivity index (χ0v) is 7.69. The third kappa shape index (κ3) is 1.05. The predicted octanol–water partition coefficient (Wildman–Crippen LogP) is 1.62. The van der Waals surface area contributed by atoms with Crippen LogP contribution in [0.1, 0.15) is 28.9 Å². The highest BCUT2D eigenvalue weighted by atomic mass is 14.9. The Balaban J connectivity index is 2.16. The van der Waals surface area contributed by atoms with Crippen LogP contribution in [0.15, 0.2) is 6.08 Å². The summed E-state index contributed by atoms with van der Waals surface area (Å²) >= 11 is 0. The molecule has 0 saturated heterocycles. The summed E-state index contributed by atoms with van der Waals surface area (Å²) in [6, 6.07) is 0. The maximum Gasteiger partial charge on any atom is 0.0360 e. The van der Waals surface area contributed by atoms with E-state index in [9.17, 15) is 0 Å². The van der Waals surface area contributed by atoms with Gasteiger partial charge >= 0.3 is 0 Å². The van der Waals surface area contributed by atoms with E-state index in [0.29, 0.717) is 0 Å². The van der Waals surface area contributed by atoms with E-state index in [1.165, 1.54) is 36.2 Å². The highest BCUT2D eigenvalue weighted by Crippen LogP contribution is 2.27. The van der Waals surface area contributed by atoms with Crippen molar-refractivity contribution >= 4 is 6.08 Å². The second kappa shape index (κ2) is 2.74. The van der Waals surface area contributed by atoms with E-state index in [1.54, 1.807) is 5.56 Å². The van der Waals surface area contributed by atoms with Gasteiger partial charge in [0.05, 0.1) is 0 Å². The molecule has 1 aliphatic carbocycles. The Morgan fingerprint density at radius 2 is 2.15 bits per heavy atom. The van der Waals surface area contributed by atoms with E-state index in [0.717, 1.165) is 13.1 Å². The van der Waals surface area contributed by atoms with Crippen molar-refractivity contribution in [2.75, 3.05) is 6.54 Å². The van der Waals surface area contributed by atoms with Gasteiger partial charge in [0, 0.05) is 17.9 Å². The minimum absolute atomic E-state index is 1.02. The van der Waals surface area contributed by atoms with Crippen LogP contribution >= 0.6 is 0 Å². The summed E-state index contributed by atoms with van der Waals surface area (Å²) in [5.41, 5.74) is 5.92. The summed E-state index contributed by atoms with van der Waals surface area (Å²) in [6.45, 7) is 2.15. The molecule has 0 bridgehead atoms. The van der Waals surface area contributed by atoms with Crippen molar-refractivity contribution in [3.8, 4) is 0 Å². The molecule has 0 amide bonds. The number of allylic oxidation sites excluding steroid dienone is 1. The van der Waals surface area contributed by atoms with Gasteiger partial charge in [-0.1, -0.05) is 12.2 Å². The first kappa shape index (κ1) is 7.39. The molecule has 1 aromatic rings. The third-order valence-electron chi connectivity index (χ3n) is 3.02. The van der Waals surface area contributed by atoms with Gasteiger partial charge in [0.1, 0.15) is 0 Å². The number of hydrogen-bond acceptors (Lipinski definition) is 1. The van der Waals surface area contributed by atoms with Crippen LogP contribution in [0.3, 0.4) is 0 Å². The normalized spacial score (nSPS) is 19.7. The van der Waals surface area contributed by atoms with Gasteiger partial charge in [0.15, 0.2) is 0 Å². The number of aryl methyl sites for hydroxylation is 1. The zero-order chi connectivity index (χ0) is 8.67. The number of rotatable bonds is 0. The number of aromatic nitrogens is 1. The Morgan fingerprint density at radius 1 is 1.15 bits per heavy atom. The van der Waals surface area contributed by atoms with Crippen molar-refractivity contribution in [2.24, 2.45) is 0 Å². The fourth-order valence-corrected chi connectivity index (χ4v) is 2.36. The monoisotopic (exact) mass is 174 g/mol. The molecule has 0 unspecified atom stereocenters. The Hall–Kier alpha value is -1.02. The molecule has 2 N–H and O–H groups in total. The summed E-state index contributed by atoms with van der Waals surface area (Å²) in [5, 5.41) is 3.39. The lowest BCUT2D eigenvalue weighted by atomic mass is 9.98. The van der Waals surface area contributed by atoms with Crippen molar-refractivity contribution in [2.45, 2.75) is 25.8 Å². The maximum absolute atomic E-state index is 3.54. The lowest BCUT2D eigenvalue weighted by Crippen LogP contribution is -2.23. The first-order valence-electron chi connectivity index (χ1n) is 5.05. The number of nitrogens with one attached hydrogen (secondary N) is 2. The SMILES string of the molecule is C1=Cc2c([nH]c3c2CCNC3)CC1. The van der Waals surface area contributed by atoms with Gasteiger partial charge in [0.25, 0.3) is 0 Å². The van der Waals surface area contributed by atoms with Gasteiger partial charge in [-0.05, 0) is 36.9 Å². The van der Waals surface area contributed by atoms with Crippen LogP contribution in [0, 0.1) is 0 Å². The number of fused-ring (bicyclic) bond motifs is 3. The molecule has 3 rings (SSSR count). The number of H-pyrrole nitrogens is 1. The van der Waals surface area contributed by atoms with Crippen molar-refractivity contribution < 1.29 is 0 Å². The molecular weight excluding hydrogens is 160 g/mol. The Kier molecular flexibility index (Phi) is 1.56. The summed E-state index contributed by atoms with van der Waals surface area (Å²) in [4.78, 5) is 3.54. The molecule has 0 aromatic carbocycles. The highest BCUT2D eigenvalue weighted by molar-refractivity contribution is 5.61. The Bertz CT molecular complexity index is 360. The van der Waals surface area contributed by atoms with Crippen LogP contribution in [0.4, 0.5) is 0 Å². The van der Waals surface area contributed by atoms with Crippen LogP contribution in [0.25, 0.3) is 6.08 Å². The minimum Gasteiger partial charge on any atom is -0.360 e. The number of hydrogen-bond donors (Lipinski definition) is 2. The minimum atomic E-state index is 1.02.